The molecule has 1 aromatic rings. The van der Waals surface area contributed by atoms with Gasteiger partial charge in [-0.05, 0) is 50.8 Å². The maximum atomic E-state index is 12.3. The van der Waals surface area contributed by atoms with Gasteiger partial charge in [0.25, 0.3) is 0 Å². The van der Waals surface area contributed by atoms with E-state index in [0.717, 1.165) is 44.7 Å². The van der Waals surface area contributed by atoms with Crippen LogP contribution in [0.3, 0.4) is 0 Å². The van der Waals surface area contributed by atoms with Crippen molar-refractivity contribution in [3.8, 4) is 0 Å². The predicted molar refractivity (Wildman–Crippen MR) is 85.1 cm³/mol. The quantitative estimate of drug-likeness (QED) is 0.777. The highest BCUT2D eigenvalue weighted by Crippen LogP contribution is 2.30. The minimum Gasteiger partial charge on any atom is -0.341 e. The molecule has 2 heterocycles. The van der Waals surface area contributed by atoms with Gasteiger partial charge in [0.15, 0.2) is 0 Å². The Morgan fingerprint density at radius 2 is 2.00 bits per heavy atom. The maximum Gasteiger partial charge on any atom is 0.222 e. The molecular weight excluding hydrogens is 260 g/mol. The molecule has 2 saturated heterocycles. The Labute approximate surface area is 127 Å². The highest BCUT2D eigenvalue weighted by Gasteiger charge is 2.40. The molecular formula is C18H26N2O. The number of hydrogen-bond acceptors (Lipinski definition) is 2. The van der Waals surface area contributed by atoms with E-state index in [4.69, 9.17) is 0 Å². The zero-order valence-corrected chi connectivity index (χ0v) is 13.0. The first-order valence-corrected chi connectivity index (χ1v) is 8.26. The molecule has 0 saturated carbocycles. The van der Waals surface area contributed by atoms with Crippen molar-refractivity contribution in [3.05, 3.63) is 35.9 Å². The van der Waals surface area contributed by atoms with Gasteiger partial charge >= 0.3 is 0 Å². The van der Waals surface area contributed by atoms with E-state index in [9.17, 15) is 4.79 Å². The second kappa shape index (κ2) is 6.61. The topological polar surface area (TPSA) is 23.6 Å². The fourth-order valence-electron chi connectivity index (χ4n) is 3.78. The second-order valence-electron chi connectivity index (χ2n) is 6.59. The van der Waals surface area contributed by atoms with Crippen LogP contribution in [0.15, 0.2) is 30.3 Å². The summed E-state index contributed by atoms with van der Waals surface area (Å²) in [5, 5.41) is 0. The van der Waals surface area contributed by atoms with Crippen LogP contribution in [0, 0.1) is 5.92 Å². The van der Waals surface area contributed by atoms with Crippen molar-refractivity contribution in [1.82, 2.24) is 9.80 Å². The molecule has 1 amide bonds. The SMILES string of the molecule is CN1CC[C@@H]2CN(C(=O)CCCCc3ccccc3)C[C@@H]21. The average Bonchev–Trinajstić information content (AvgIpc) is 3.07. The van der Waals surface area contributed by atoms with Gasteiger partial charge in [0.2, 0.25) is 5.91 Å². The molecule has 3 nitrogen and oxygen atoms in total. The highest BCUT2D eigenvalue weighted by molar-refractivity contribution is 5.76. The first kappa shape index (κ1) is 14.6. The van der Waals surface area contributed by atoms with Gasteiger partial charge in [-0.2, -0.15) is 0 Å². The molecule has 3 heteroatoms. The fraction of sp³-hybridized carbons (Fsp3) is 0.611. The third-order valence-corrected chi connectivity index (χ3v) is 5.13. The lowest BCUT2D eigenvalue weighted by molar-refractivity contribution is -0.130. The van der Waals surface area contributed by atoms with E-state index in [-0.39, 0.29) is 0 Å². The number of nitrogens with zero attached hydrogens (tertiary/aromatic N) is 2. The number of likely N-dealkylation sites (N-methyl/N-ethyl adjacent to an activating group) is 1. The highest BCUT2D eigenvalue weighted by atomic mass is 16.2. The number of rotatable bonds is 5. The number of carbonyl (C=O) groups is 1. The van der Waals surface area contributed by atoms with Crippen LogP contribution in [0.2, 0.25) is 0 Å². The molecule has 0 spiro atoms. The van der Waals surface area contributed by atoms with Crippen LogP contribution in [-0.2, 0) is 11.2 Å². The normalized spacial score (nSPS) is 25.3. The Kier molecular flexibility index (Phi) is 4.59. The van der Waals surface area contributed by atoms with Crippen LogP contribution in [0.4, 0.5) is 0 Å². The molecule has 0 unspecified atom stereocenters. The molecule has 2 aliphatic rings. The minimum atomic E-state index is 0.367. The van der Waals surface area contributed by atoms with Gasteiger partial charge in [0.1, 0.15) is 0 Å². The van der Waals surface area contributed by atoms with E-state index >= 15 is 0 Å². The molecule has 2 aliphatic heterocycles. The largest absolute Gasteiger partial charge is 0.341 e. The van der Waals surface area contributed by atoms with Crippen LogP contribution in [0.25, 0.3) is 0 Å². The molecule has 0 aliphatic carbocycles. The van der Waals surface area contributed by atoms with Crippen LogP contribution in [-0.4, -0.2) is 48.4 Å². The van der Waals surface area contributed by atoms with Crippen LogP contribution in [0.5, 0.6) is 0 Å². The van der Waals surface area contributed by atoms with Gasteiger partial charge in [-0.15, -0.1) is 0 Å². The van der Waals surface area contributed by atoms with E-state index in [1.165, 1.54) is 18.5 Å². The lowest BCUT2D eigenvalue weighted by Gasteiger charge is -2.20. The van der Waals surface area contributed by atoms with Crippen LogP contribution < -0.4 is 0 Å². The van der Waals surface area contributed by atoms with E-state index in [0.29, 0.717) is 11.9 Å². The summed E-state index contributed by atoms with van der Waals surface area (Å²) in [5.41, 5.74) is 1.38. The number of carbonyl (C=O) groups excluding carboxylic acids is 1. The van der Waals surface area contributed by atoms with Gasteiger partial charge < -0.3 is 9.80 Å². The lowest BCUT2D eigenvalue weighted by atomic mass is 10.1. The number of likely N-dealkylation sites (tertiary alicyclic amines) is 2. The number of fused-ring (bicyclic) bond motifs is 1. The summed E-state index contributed by atoms with van der Waals surface area (Å²) >= 11 is 0. The molecule has 2 atom stereocenters. The molecule has 0 N–H and O–H groups in total. The molecule has 3 rings (SSSR count). The molecule has 0 aromatic heterocycles. The summed E-state index contributed by atoms with van der Waals surface area (Å²) in [6.45, 7) is 3.15. The summed E-state index contributed by atoms with van der Waals surface area (Å²) < 4.78 is 0. The van der Waals surface area contributed by atoms with E-state index in [2.05, 4.69) is 41.1 Å². The Morgan fingerprint density at radius 1 is 1.19 bits per heavy atom. The third-order valence-electron chi connectivity index (χ3n) is 5.13. The van der Waals surface area contributed by atoms with Gasteiger partial charge in [0, 0.05) is 25.6 Å². The van der Waals surface area contributed by atoms with Gasteiger partial charge in [-0.3, -0.25) is 4.79 Å². The standard InChI is InChI=1S/C18H26N2O/c1-19-12-11-16-13-20(14-17(16)19)18(21)10-6-5-9-15-7-3-2-4-8-15/h2-4,7-8,16-17H,5-6,9-14H2,1H3/t16-,17+/m1/s1. The van der Waals surface area contributed by atoms with Gasteiger partial charge in [-0.25, -0.2) is 0 Å². The predicted octanol–water partition coefficient (Wildman–Crippen LogP) is 2.56. The lowest BCUT2D eigenvalue weighted by Crippen LogP contribution is -2.34. The zero-order valence-electron chi connectivity index (χ0n) is 13.0. The Balaban J connectivity index is 1.37. The Morgan fingerprint density at radius 3 is 2.76 bits per heavy atom. The Hall–Kier alpha value is -1.35. The average molecular weight is 286 g/mol. The summed E-state index contributed by atoms with van der Waals surface area (Å²) in [5.74, 6) is 1.09. The van der Waals surface area contributed by atoms with Crippen molar-refractivity contribution in [2.45, 2.75) is 38.1 Å². The number of aryl methyl sites for hydroxylation is 1. The summed E-state index contributed by atoms with van der Waals surface area (Å²) in [4.78, 5) is 16.8. The Bertz CT molecular complexity index is 473. The first-order valence-electron chi connectivity index (χ1n) is 8.26. The molecule has 21 heavy (non-hydrogen) atoms. The monoisotopic (exact) mass is 286 g/mol. The fourth-order valence-corrected chi connectivity index (χ4v) is 3.78. The number of benzene rings is 1. The number of hydrogen-bond donors (Lipinski definition) is 0. The molecule has 2 fully saturated rings. The third kappa shape index (κ3) is 3.46. The molecule has 1 aromatic carbocycles. The smallest absolute Gasteiger partial charge is 0.222 e. The first-order chi connectivity index (χ1) is 10.2. The van der Waals surface area contributed by atoms with Crippen molar-refractivity contribution in [3.63, 3.8) is 0 Å². The van der Waals surface area contributed by atoms with Crippen molar-refractivity contribution >= 4 is 5.91 Å². The van der Waals surface area contributed by atoms with E-state index < -0.39 is 0 Å². The molecule has 114 valence electrons. The maximum absolute atomic E-state index is 12.3. The number of unbranched alkanes of at least 4 members (excludes halogenated alkanes) is 1. The second-order valence-corrected chi connectivity index (χ2v) is 6.59. The van der Waals surface area contributed by atoms with Gasteiger partial charge in [-0.1, -0.05) is 30.3 Å². The minimum absolute atomic E-state index is 0.367. The molecule has 0 bridgehead atoms. The summed E-state index contributed by atoms with van der Waals surface area (Å²) in [6.07, 6.45) is 5.18. The van der Waals surface area contributed by atoms with Crippen LogP contribution >= 0.6 is 0 Å². The summed E-state index contributed by atoms with van der Waals surface area (Å²) in [7, 11) is 2.19. The van der Waals surface area contributed by atoms with E-state index in [1.807, 2.05) is 6.07 Å². The zero-order chi connectivity index (χ0) is 14.7. The molecule has 0 radical (unpaired) electrons. The van der Waals surface area contributed by atoms with Crippen molar-refractivity contribution in [2.75, 3.05) is 26.7 Å². The van der Waals surface area contributed by atoms with Crippen molar-refractivity contribution in [1.29, 1.82) is 0 Å². The van der Waals surface area contributed by atoms with Crippen molar-refractivity contribution < 1.29 is 4.79 Å². The van der Waals surface area contributed by atoms with Crippen molar-refractivity contribution in [2.24, 2.45) is 5.92 Å². The summed E-state index contributed by atoms with van der Waals surface area (Å²) in [6, 6.07) is 11.2. The van der Waals surface area contributed by atoms with E-state index in [1.54, 1.807) is 0 Å². The number of amides is 1. The van der Waals surface area contributed by atoms with Crippen LogP contribution in [0.1, 0.15) is 31.2 Å². The van der Waals surface area contributed by atoms with Gasteiger partial charge in [0.05, 0.1) is 0 Å².